The second-order valence-electron chi connectivity index (χ2n) is 4.21. The van der Waals surface area contributed by atoms with Crippen molar-refractivity contribution in [2.24, 2.45) is 5.14 Å². The van der Waals surface area contributed by atoms with Crippen LogP contribution in [-0.4, -0.2) is 14.2 Å². The van der Waals surface area contributed by atoms with Crippen LogP contribution in [0.2, 0.25) is 0 Å². The summed E-state index contributed by atoms with van der Waals surface area (Å²) < 4.78 is 21.7. The molecule has 0 saturated heterocycles. The number of ketones is 1. The third-order valence-corrected chi connectivity index (χ3v) is 3.15. The van der Waals surface area contributed by atoms with Crippen LogP contribution in [0.5, 0.6) is 0 Å². The van der Waals surface area contributed by atoms with Crippen molar-refractivity contribution in [2.75, 3.05) is 0 Å². The number of rotatable bonds is 4. The number of sulfonamides is 1. The van der Waals surface area contributed by atoms with Crippen LogP contribution in [0, 0.1) is 0 Å². The fourth-order valence-corrected chi connectivity index (χ4v) is 2.06. The van der Waals surface area contributed by atoms with Gasteiger partial charge in [0, 0.05) is 16.5 Å². The molecule has 0 aliphatic rings. The summed E-state index contributed by atoms with van der Waals surface area (Å²) in [5.74, 6) is -0.114. The summed E-state index contributed by atoms with van der Waals surface area (Å²) in [6, 6.07) is 15.6. The summed E-state index contributed by atoms with van der Waals surface area (Å²) in [5.41, 5.74) is 1.67. The smallest absolute Gasteiger partial charge is 0.231 e. The van der Waals surface area contributed by atoms with Crippen LogP contribution >= 0.6 is 0 Å². The maximum atomic E-state index is 12.2. The van der Waals surface area contributed by atoms with E-state index < -0.39 is 10.0 Å². The average molecular weight is 287 g/mol. The summed E-state index contributed by atoms with van der Waals surface area (Å²) in [5, 5.41) is 5.79. The molecule has 0 saturated carbocycles. The summed E-state index contributed by atoms with van der Waals surface area (Å²) in [6.07, 6.45) is 1.36. The van der Waals surface area contributed by atoms with E-state index in [-0.39, 0.29) is 5.78 Å². The third kappa shape index (κ3) is 3.88. The quantitative estimate of drug-likeness (QED) is 0.875. The van der Waals surface area contributed by atoms with Gasteiger partial charge in [-0.3, -0.25) is 4.79 Å². The van der Waals surface area contributed by atoms with E-state index in [1.54, 1.807) is 48.5 Å². The molecule has 0 atom stereocenters. The minimum atomic E-state index is -3.67. The van der Waals surface area contributed by atoms with Crippen LogP contribution in [0.4, 0.5) is 0 Å². The Morgan fingerprint density at radius 3 is 2.25 bits per heavy atom. The van der Waals surface area contributed by atoms with Gasteiger partial charge in [-0.1, -0.05) is 48.5 Å². The summed E-state index contributed by atoms with van der Waals surface area (Å²) >= 11 is 0. The Morgan fingerprint density at radius 1 is 0.950 bits per heavy atom. The highest BCUT2D eigenvalue weighted by Gasteiger charge is 2.08. The highest BCUT2D eigenvalue weighted by atomic mass is 32.2. The van der Waals surface area contributed by atoms with Gasteiger partial charge in [-0.25, -0.2) is 13.6 Å². The third-order valence-electron chi connectivity index (χ3n) is 2.63. The Morgan fingerprint density at radius 2 is 1.60 bits per heavy atom. The lowest BCUT2D eigenvalue weighted by Crippen LogP contribution is -2.06. The van der Waals surface area contributed by atoms with Crippen LogP contribution in [-0.2, 0) is 10.0 Å². The molecule has 0 fully saturated rings. The summed E-state index contributed by atoms with van der Waals surface area (Å²) in [7, 11) is -3.67. The van der Waals surface area contributed by atoms with Crippen molar-refractivity contribution < 1.29 is 13.2 Å². The van der Waals surface area contributed by atoms with Crippen LogP contribution < -0.4 is 5.14 Å². The summed E-state index contributed by atoms with van der Waals surface area (Å²) in [4.78, 5) is 12.2. The van der Waals surface area contributed by atoms with Crippen molar-refractivity contribution >= 4 is 21.9 Å². The first-order chi connectivity index (χ1) is 9.46. The van der Waals surface area contributed by atoms with Crippen LogP contribution in [0.1, 0.15) is 21.5 Å². The largest absolute Gasteiger partial charge is 0.289 e. The van der Waals surface area contributed by atoms with Crippen molar-refractivity contribution in [1.29, 1.82) is 0 Å². The molecule has 0 aliphatic heterocycles. The molecule has 5 heteroatoms. The van der Waals surface area contributed by atoms with Crippen molar-refractivity contribution in [1.82, 2.24) is 0 Å². The molecule has 2 N–H and O–H groups in total. The monoisotopic (exact) mass is 287 g/mol. The van der Waals surface area contributed by atoms with Gasteiger partial charge in [0.15, 0.2) is 5.78 Å². The van der Waals surface area contributed by atoms with E-state index in [1.807, 2.05) is 6.07 Å². The molecule has 0 spiro atoms. The van der Waals surface area contributed by atoms with Gasteiger partial charge in [0.25, 0.3) is 0 Å². The maximum absolute atomic E-state index is 12.2. The first-order valence-corrected chi connectivity index (χ1v) is 7.47. The van der Waals surface area contributed by atoms with E-state index in [0.717, 1.165) is 5.41 Å². The second kappa shape index (κ2) is 5.81. The van der Waals surface area contributed by atoms with Gasteiger partial charge in [-0.2, -0.15) is 0 Å². The second-order valence-corrected chi connectivity index (χ2v) is 5.66. The minimum Gasteiger partial charge on any atom is -0.289 e. The molecular formula is C15H13NO3S. The fraction of sp³-hybridized carbons (Fsp3) is 0. The van der Waals surface area contributed by atoms with Crippen LogP contribution in [0.15, 0.2) is 60.0 Å². The van der Waals surface area contributed by atoms with Crippen LogP contribution in [0.3, 0.4) is 0 Å². The molecule has 20 heavy (non-hydrogen) atoms. The van der Waals surface area contributed by atoms with E-state index >= 15 is 0 Å². The first-order valence-electron chi connectivity index (χ1n) is 5.86. The van der Waals surface area contributed by atoms with E-state index in [9.17, 15) is 13.2 Å². The number of hydrogen-bond acceptors (Lipinski definition) is 3. The zero-order valence-corrected chi connectivity index (χ0v) is 11.4. The zero-order chi connectivity index (χ0) is 14.6. The molecular weight excluding hydrogens is 274 g/mol. The molecule has 0 amide bonds. The molecule has 0 aromatic heterocycles. The Bertz CT molecular complexity index is 750. The Labute approximate surface area is 117 Å². The van der Waals surface area contributed by atoms with Gasteiger partial charge in [0.1, 0.15) is 0 Å². The lowest BCUT2D eigenvalue weighted by molar-refractivity contribution is 0.103. The number of primary sulfonamides is 1. The van der Waals surface area contributed by atoms with Gasteiger partial charge in [0.2, 0.25) is 10.0 Å². The van der Waals surface area contributed by atoms with Crippen molar-refractivity contribution in [3.05, 3.63) is 76.7 Å². The topological polar surface area (TPSA) is 77.2 Å². The van der Waals surface area contributed by atoms with Gasteiger partial charge in [-0.15, -0.1) is 0 Å². The standard InChI is InChI=1S/C15H13NO3S/c16-20(18,19)10-9-12-5-4-8-14(11-12)15(17)13-6-2-1-3-7-13/h1-11H,(H2,16,18,19)/b10-9+. The molecule has 2 aromatic rings. The number of nitrogens with two attached hydrogens (primary N) is 1. The predicted octanol–water partition coefficient (Wildman–Crippen LogP) is 2.18. The molecule has 2 aromatic carbocycles. The SMILES string of the molecule is NS(=O)(=O)/C=C/c1cccc(C(=O)c2ccccc2)c1. The normalized spacial score (nSPS) is 11.7. The lowest BCUT2D eigenvalue weighted by Gasteiger charge is -2.02. The van der Waals surface area contributed by atoms with Gasteiger partial charge in [0.05, 0.1) is 0 Å². The van der Waals surface area contributed by atoms with E-state index in [1.165, 1.54) is 6.08 Å². The Hall–Kier alpha value is -2.24. The molecule has 0 bridgehead atoms. The fourth-order valence-electron chi connectivity index (χ4n) is 1.71. The molecule has 0 unspecified atom stereocenters. The average Bonchev–Trinajstić information content (AvgIpc) is 2.45. The van der Waals surface area contributed by atoms with E-state index in [0.29, 0.717) is 16.7 Å². The molecule has 0 heterocycles. The molecule has 2 rings (SSSR count). The predicted molar refractivity (Wildman–Crippen MR) is 78.5 cm³/mol. The number of carbonyl (C=O) groups is 1. The molecule has 0 aliphatic carbocycles. The van der Waals surface area contributed by atoms with Crippen LogP contribution in [0.25, 0.3) is 6.08 Å². The highest BCUT2D eigenvalue weighted by Crippen LogP contribution is 2.13. The number of carbonyl (C=O) groups excluding carboxylic acids is 1. The molecule has 4 nitrogen and oxygen atoms in total. The minimum absolute atomic E-state index is 0.114. The van der Waals surface area contributed by atoms with Crippen molar-refractivity contribution in [3.8, 4) is 0 Å². The van der Waals surface area contributed by atoms with Gasteiger partial charge in [-0.05, 0) is 17.7 Å². The summed E-state index contributed by atoms with van der Waals surface area (Å²) in [6.45, 7) is 0. The van der Waals surface area contributed by atoms with Crippen molar-refractivity contribution in [3.63, 3.8) is 0 Å². The molecule has 0 radical (unpaired) electrons. The van der Waals surface area contributed by atoms with Gasteiger partial charge < -0.3 is 0 Å². The van der Waals surface area contributed by atoms with E-state index in [4.69, 9.17) is 5.14 Å². The maximum Gasteiger partial charge on any atom is 0.231 e. The molecule has 102 valence electrons. The Balaban J connectivity index is 2.31. The lowest BCUT2D eigenvalue weighted by atomic mass is 10.0. The number of hydrogen-bond donors (Lipinski definition) is 1. The highest BCUT2D eigenvalue weighted by molar-refractivity contribution is 7.92. The number of benzene rings is 2. The van der Waals surface area contributed by atoms with Gasteiger partial charge >= 0.3 is 0 Å². The van der Waals surface area contributed by atoms with Crippen molar-refractivity contribution in [2.45, 2.75) is 0 Å². The first kappa shape index (κ1) is 14.2. The van der Waals surface area contributed by atoms with E-state index in [2.05, 4.69) is 0 Å². The Kier molecular flexibility index (Phi) is 4.12. The zero-order valence-electron chi connectivity index (χ0n) is 10.6.